The number of nitriles is 1. The van der Waals surface area contributed by atoms with E-state index in [4.69, 9.17) is 11.6 Å². The van der Waals surface area contributed by atoms with Crippen LogP contribution in [0.2, 0.25) is 5.02 Å². The summed E-state index contributed by atoms with van der Waals surface area (Å²) in [5.74, 6) is -2.59. The highest BCUT2D eigenvalue weighted by atomic mass is 35.5. The van der Waals surface area contributed by atoms with Crippen molar-refractivity contribution < 1.29 is 22.9 Å². The molecule has 30 heavy (non-hydrogen) atoms. The molecule has 1 atom stereocenters. The van der Waals surface area contributed by atoms with Gasteiger partial charge in [-0.2, -0.15) is 23.5 Å². The lowest BCUT2D eigenvalue weighted by Gasteiger charge is -2.13. The van der Waals surface area contributed by atoms with Gasteiger partial charge in [-0.25, -0.2) is 9.67 Å². The predicted molar refractivity (Wildman–Crippen MR) is 94.9 cm³/mol. The van der Waals surface area contributed by atoms with Crippen molar-refractivity contribution in [3.8, 4) is 11.8 Å². The Morgan fingerprint density at radius 1 is 1.33 bits per heavy atom. The number of ketones is 1. The van der Waals surface area contributed by atoms with Gasteiger partial charge in [0.2, 0.25) is 0 Å². The van der Waals surface area contributed by atoms with Crippen molar-refractivity contribution >= 4 is 23.1 Å². The molecule has 0 aliphatic rings. The fourth-order valence-electron chi connectivity index (χ4n) is 2.58. The van der Waals surface area contributed by atoms with Crippen LogP contribution in [0.5, 0.6) is 0 Å². The van der Waals surface area contributed by atoms with Gasteiger partial charge in [-0.3, -0.25) is 19.9 Å². The van der Waals surface area contributed by atoms with Gasteiger partial charge in [0.05, 0.1) is 27.3 Å². The minimum absolute atomic E-state index is 0.0215. The first-order chi connectivity index (χ1) is 14.1. The Morgan fingerprint density at radius 2 is 2.07 bits per heavy atom. The molecule has 2 aromatic heterocycles. The minimum Gasteiger partial charge on any atom is -0.292 e. The van der Waals surface area contributed by atoms with Crippen molar-refractivity contribution in [2.45, 2.75) is 12.1 Å². The zero-order chi connectivity index (χ0) is 22.1. The van der Waals surface area contributed by atoms with E-state index in [0.717, 1.165) is 17.1 Å². The molecule has 152 valence electrons. The summed E-state index contributed by atoms with van der Waals surface area (Å²) < 4.78 is 39.4. The molecule has 0 spiro atoms. The molecule has 0 saturated heterocycles. The van der Waals surface area contributed by atoms with Crippen molar-refractivity contribution in [1.82, 2.24) is 19.7 Å². The summed E-state index contributed by atoms with van der Waals surface area (Å²) >= 11 is 5.82. The number of hydrogen-bond acceptors (Lipinski definition) is 7. The summed E-state index contributed by atoms with van der Waals surface area (Å²) in [4.78, 5) is 30.7. The Morgan fingerprint density at radius 3 is 2.60 bits per heavy atom. The molecule has 9 nitrogen and oxygen atoms in total. The lowest BCUT2D eigenvalue weighted by molar-refractivity contribution is -0.384. The molecule has 0 N–H and O–H groups in total. The van der Waals surface area contributed by atoms with E-state index in [9.17, 15) is 33.3 Å². The molecule has 0 radical (unpaired) electrons. The molecule has 0 saturated carbocycles. The summed E-state index contributed by atoms with van der Waals surface area (Å²) in [6.07, 6.45) is -1.88. The first-order valence-corrected chi connectivity index (χ1v) is 8.31. The Kier molecular flexibility index (Phi) is 5.48. The van der Waals surface area contributed by atoms with Crippen LogP contribution in [0.1, 0.15) is 27.5 Å². The molecule has 1 aromatic carbocycles. The molecule has 0 bridgehead atoms. The number of nitro groups is 1. The van der Waals surface area contributed by atoms with E-state index in [0.29, 0.717) is 12.3 Å². The summed E-state index contributed by atoms with van der Waals surface area (Å²) in [6.45, 7) is 0. The molecule has 0 fully saturated rings. The van der Waals surface area contributed by atoms with Crippen LogP contribution in [0.25, 0.3) is 5.69 Å². The number of rotatable bonds is 5. The first kappa shape index (κ1) is 20.9. The smallest absolute Gasteiger partial charge is 0.292 e. The number of nitro benzene ring substituents is 1. The summed E-state index contributed by atoms with van der Waals surface area (Å²) in [7, 11) is 0. The Bertz CT molecular complexity index is 1170. The molecule has 3 aromatic rings. The predicted octanol–water partition coefficient (Wildman–Crippen LogP) is 3.73. The van der Waals surface area contributed by atoms with Crippen LogP contribution in [-0.4, -0.2) is 30.5 Å². The van der Waals surface area contributed by atoms with Crippen LogP contribution >= 0.6 is 11.6 Å². The van der Waals surface area contributed by atoms with E-state index >= 15 is 0 Å². The monoisotopic (exact) mass is 436 g/mol. The van der Waals surface area contributed by atoms with Crippen LogP contribution in [-0.2, 0) is 6.18 Å². The highest BCUT2D eigenvalue weighted by Gasteiger charge is 2.34. The van der Waals surface area contributed by atoms with Gasteiger partial charge < -0.3 is 0 Å². The normalized spacial score (nSPS) is 12.2. The molecule has 0 aliphatic carbocycles. The van der Waals surface area contributed by atoms with Crippen LogP contribution in [0.3, 0.4) is 0 Å². The third-order valence-electron chi connectivity index (χ3n) is 3.98. The highest BCUT2D eigenvalue weighted by Crippen LogP contribution is 2.34. The van der Waals surface area contributed by atoms with Crippen LogP contribution in [0.15, 0.2) is 43.1 Å². The van der Waals surface area contributed by atoms with Crippen LogP contribution < -0.4 is 0 Å². The van der Waals surface area contributed by atoms with Gasteiger partial charge in [0.15, 0.2) is 11.7 Å². The molecular weight excluding hydrogens is 429 g/mol. The number of pyridine rings is 1. The number of carbonyl (C=O) groups is 1. The van der Waals surface area contributed by atoms with Gasteiger partial charge >= 0.3 is 6.18 Å². The number of aromatic nitrogens is 4. The second-order valence-corrected chi connectivity index (χ2v) is 6.22. The number of Topliss-reactive ketones (excluding diaryl/α,β-unsaturated/α-hetero) is 1. The molecule has 3 rings (SSSR count). The van der Waals surface area contributed by atoms with Crippen molar-refractivity contribution in [2.75, 3.05) is 0 Å². The number of nitrogens with zero attached hydrogens (tertiary/aromatic N) is 6. The van der Waals surface area contributed by atoms with Crippen molar-refractivity contribution in [1.29, 1.82) is 5.26 Å². The Hall–Kier alpha value is -3.85. The fourth-order valence-corrected chi connectivity index (χ4v) is 2.85. The van der Waals surface area contributed by atoms with Crippen molar-refractivity contribution in [2.24, 2.45) is 0 Å². The number of hydrogen-bond donors (Lipinski definition) is 0. The van der Waals surface area contributed by atoms with E-state index in [1.807, 2.05) is 0 Å². The van der Waals surface area contributed by atoms with E-state index in [1.54, 1.807) is 6.07 Å². The van der Waals surface area contributed by atoms with Gasteiger partial charge in [0.1, 0.15) is 18.3 Å². The molecule has 2 heterocycles. The Labute approximate surface area is 170 Å². The fraction of sp³-hybridized carbons (Fsp3) is 0.118. The summed E-state index contributed by atoms with van der Waals surface area (Å²) in [6, 6.07) is 5.57. The van der Waals surface area contributed by atoms with Gasteiger partial charge in [-0.05, 0) is 18.2 Å². The molecule has 0 unspecified atom stereocenters. The number of halogens is 4. The molecular formula is C17H8ClF3N6O3. The summed E-state index contributed by atoms with van der Waals surface area (Å²) in [5.41, 5.74) is -2.23. The number of benzene rings is 1. The van der Waals surface area contributed by atoms with E-state index in [-0.39, 0.29) is 16.9 Å². The van der Waals surface area contributed by atoms with E-state index < -0.39 is 39.1 Å². The Balaban J connectivity index is 2.02. The zero-order valence-corrected chi connectivity index (χ0v) is 15.3. The largest absolute Gasteiger partial charge is 0.417 e. The second-order valence-electron chi connectivity index (χ2n) is 5.82. The minimum atomic E-state index is -4.71. The van der Waals surface area contributed by atoms with Crippen LogP contribution in [0, 0.1) is 21.4 Å². The van der Waals surface area contributed by atoms with Crippen molar-refractivity contribution in [3.63, 3.8) is 0 Å². The number of carbonyl (C=O) groups excluding carboxylic acids is 1. The van der Waals surface area contributed by atoms with Gasteiger partial charge in [-0.1, -0.05) is 11.6 Å². The van der Waals surface area contributed by atoms with Crippen molar-refractivity contribution in [3.05, 3.63) is 75.1 Å². The SMILES string of the molecule is N#C[C@H](C(=O)c1ccc(-n2cncn2)c([N+](=O)[O-])c1)c1ncc(C(F)(F)F)cc1Cl. The average molecular weight is 437 g/mol. The number of alkyl halides is 3. The third kappa shape index (κ3) is 3.96. The average Bonchev–Trinajstić information content (AvgIpc) is 3.23. The molecule has 0 amide bonds. The third-order valence-corrected chi connectivity index (χ3v) is 4.29. The van der Waals surface area contributed by atoms with Gasteiger partial charge in [0, 0.05) is 17.8 Å². The molecule has 0 aliphatic heterocycles. The quantitative estimate of drug-likeness (QED) is 0.338. The van der Waals surface area contributed by atoms with E-state index in [1.165, 1.54) is 18.5 Å². The highest BCUT2D eigenvalue weighted by molar-refractivity contribution is 6.31. The maximum Gasteiger partial charge on any atom is 0.417 e. The van der Waals surface area contributed by atoms with Gasteiger partial charge in [0.25, 0.3) is 5.69 Å². The van der Waals surface area contributed by atoms with Gasteiger partial charge in [-0.15, -0.1) is 0 Å². The summed E-state index contributed by atoms with van der Waals surface area (Å²) in [5, 5.41) is 24.1. The topological polar surface area (TPSA) is 128 Å². The lowest BCUT2D eigenvalue weighted by atomic mass is 9.94. The maximum atomic E-state index is 12.8. The zero-order valence-electron chi connectivity index (χ0n) is 14.5. The second kappa shape index (κ2) is 7.88. The van der Waals surface area contributed by atoms with Crippen LogP contribution in [0.4, 0.5) is 18.9 Å². The lowest BCUT2D eigenvalue weighted by Crippen LogP contribution is -2.15. The van der Waals surface area contributed by atoms with E-state index in [2.05, 4.69) is 15.1 Å². The maximum absolute atomic E-state index is 12.8. The first-order valence-electron chi connectivity index (χ1n) is 7.93. The standard InChI is InChI=1S/C17H8ClF3N6O3/c18-12-4-10(17(19,20)21)6-24-15(12)11(5-22)16(28)9-1-2-13(14(3-9)27(29)30)26-8-23-7-25-26/h1-4,6-8,11H/t11-/m0/s1. The molecule has 13 heteroatoms.